The molecule has 0 spiro atoms. The van der Waals surface area contributed by atoms with Crippen molar-refractivity contribution in [2.45, 2.75) is 44.9 Å². The number of aryl methyl sites for hydroxylation is 1. The third-order valence-electron chi connectivity index (χ3n) is 3.37. The summed E-state index contributed by atoms with van der Waals surface area (Å²) in [4.78, 5) is 13.7. The Labute approximate surface area is 130 Å². The second-order valence-corrected chi connectivity index (χ2v) is 7.77. The zero-order valence-corrected chi connectivity index (χ0v) is 14.4. The van der Waals surface area contributed by atoms with Crippen molar-refractivity contribution in [3.63, 3.8) is 0 Å². The van der Waals surface area contributed by atoms with Crippen LogP contribution in [-0.4, -0.2) is 43.0 Å². The monoisotopic (exact) mass is 335 g/mol. The number of halogens is 1. The fourth-order valence-corrected chi connectivity index (χ4v) is 3.36. The van der Waals surface area contributed by atoms with Gasteiger partial charge in [0.25, 0.3) is 15.0 Å². The van der Waals surface area contributed by atoms with Crippen molar-refractivity contribution in [1.29, 1.82) is 0 Å². The van der Waals surface area contributed by atoms with E-state index in [9.17, 15) is 13.2 Å². The Morgan fingerprint density at radius 2 is 2.05 bits per heavy atom. The van der Waals surface area contributed by atoms with E-state index in [4.69, 9.17) is 10.7 Å². The number of nitrogens with one attached hydrogen (secondary N) is 1. The molecule has 8 heteroatoms. The maximum atomic E-state index is 12.4. The Hall–Kier alpha value is -1.08. The zero-order valence-electron chi connectivity index (χ0n) is 12.8. The first-order chi connectivity index (χ1) is 9.72. The third-order valence-corrected chi connectivity index (χ3v) is 4.76. The topological polar surface area (TPSA) is 83.1 Å². The molecule has 120 valence electrons. The van der Waals surface area contributed by atoms with Gasteiger partial charge in [-0.05, 0) is 12.3 Å². The Morgan fingerprint density at radius 3 is 2.52 bits per heavy atom. The van der Waals surface area contributed by atoms with E-state index in [0.717, 1.165) is 12.8 Å². The molecule has 0 aliphatic heterocycles. The molecule has 0 aliphatic rings. The molecule has 0 radical (unpaired) electrons. The van der Waals surface area contributed by atoms with E-state index in [1.54, 1.807) is 7.05 Å². The number of carbonyl (C=O) groups excluding carboxylic acids is 1. The number of rotatable bonds is 7. The maximum absolute atomic E-state index is 12.4. The van der Waals surface area contributed by atoms with Crippen molar-refractivity contribution in [1.82, 2.24) is 15.1 Å². The molecule has 1 amide bonds. The van der Waals surface area contributed by atoms with Crippen molar-refractivity contribution in [3.8, 4) is 0 Å². The summed E-state index contributed by atoms with van der Waals surface area (Å²) in [7, 11) is 3.08. The van der Waals surface area contributed by atoms with E-state index in [1.165, 1.54) is 4.90 Å². The first-order valence-electron chi connectivity index (χ1n) is 6.99. The fourth-order valence-electron chi connectivity index (χ4n) is 2.06. The highest BCUT2D eigenvalue weighted by molar-refractivity contribution is 8.13. The average Bonchev–Trinajstić information content (AvgIpc) is 2.81. The molecule has 1 unspecified atom stereocenters. The van der Waals surface area contributed by atoms with E-state index in [2.05, 4.69) is 10.2 Å². The van der Waals surface area contributed by atoms with Crippen LogP contribution in [0.2, 0.25) is 0 Å². The first-order valence-corrected chi connectivity index (χ1v) is 9.30. The third kappa shape index (κ3) is 4.44. The highest BCUT2D eigenvalue weighted by atomic mass is 35.7. The second-order valence-electron chi connectivity index (χ2n) is 5.27. The van der Waals surface area contributed by atoms with Crippen LogP contribution in [0.4, 0.5) is 0 Å². The quantitative estimate of drug-likeness (QED) is 0.775. The standard InChI is InChI=1S/C13H22ClN3O3S/c1-5-7-10-12(21(14,19)20)11(16-15-10)13(18)17(4)8-9(3)6-2/h9H,5-8H2,1-4H3,(H,15,16). The molecule has 0 aliphatic carbocycles. The number of carbonyl (C=O) groups is 1. The highest BCUT2D eigenvalue weighted by Crippen LogP contribution is 2.24. The van der Waals surface area contributed by atoms with Gasteiger partial charge in [0.1, 0.15) is 4.90 Å². The van der Waals surface area contributed by atoms with E-state index in [-0.39, 0.29) is 10.6 Å². The van der Waals surface area contributed by atoms with Gasteiger partial charge in [0.05, 0.1) is 5.69 Å². The predicted octanol–water partition coefficient (Wildman–Crippen LogP) is 2.41. The Kier molecular flexibility index (Phi) is 6.22. The molecule has 1 rings (SSSR count). The van der Waals surface area contributed by atoms with Gasteiger partial charge in [0.15, 0.2) is 5.69 Å². The van der Waals surface area contributed by atoms with Gasteiger partial charge in [-0.2, -0.15) is 5.10 Å². The van der Waals surface area contributed by atoms with Gasteiger partial charge in [-0.3, -0.25) is 9.89 Å². The maximum Gasteiger partial charge on any atom is 0.275 e. The molecule has 1 heterocycles. The van der Waals surface area contributed by atoms with Crippen LogP contribution in [0.1, 0.15) is 49.8 Å². The van der Waals surface area contributed by atoms with Crippen molar-refractivity contribution >= 4 is 25.6 Å². The SMILES string of the molecule is CCCc1[nH]nc(C(=O)N(C)CC(C)CC)c1S(=O)(=O)Cl. The van der Waals surface area contributed by atoms with Gasteiger partial charge in [-0.25, -0.2) is 8.42 Å². The van der Waals surface area contributed by atoms with Crippen LogP contribution in [0.25, 0.3) is 0 Å². The zero-order chi connectivity index (χ0) is 16.2. The summed E-state index contributed by atoms with van der Waals surface area (Å²) in [5.41, 5.74) is 0.257. The van der Waals surface area contributed by atoms with Crippen LogP contribution >= 0.6 is 10.7 Å². The smallest absolute Gasteiger partial charge is 0.275 e. The van der Waals surface area contributed by atoms with Crippen LogP contribution in [0.3, 0.4) is 0 Å². The average molecular weight is 336 g/mol. The van der Waals surface area contributed by atoms with Crippen LogP contribution in [0.15, 0.2) is 4.90 Å². The van der Waals surface area contributed by atoms with Crippen molar-refractivity contribution in [2.75, 3.05) is 13.6 Å². The number of hydrogen-bond acceptors (Lipinski definition) is 4. The van der Waals surface area contributed by atoms with Crippen LogP contribution in [-0.2, 0) is 15.5 Å². The lowest BCUT2D eigenvalue weighted by atomic mass is 10.1. The largest absolute Gasteiger partial charge is 0.340 e. The molecule has 1 aromatic heterocycles. The van der Waals surface area contributed by atoms with E-state index < -0.39 is 15.0 Å². The lowest BCUT2D eigenvalue weighted by Crippen LogP contribution is -2.32. The normalized spacial score (nSPS) is 13.2. The molecular weight excluding hydrogens is 314 g/mol. The molecule has 0 aromatic carbocycles. The summed E-state index contributed by atoms with van der Waals surface area (Å²) in [6.07, 6.45) is 2.12. The molecular formula is C13H22ClN3O3S. The van der Waals surface area contributed by atoms with Crippen LogP contribution in [0.5, 0.6) is 0 Å². The lowest BCUT2D eigenvalue weighted by Gasteiger charge is -2.20. The van der Waals surface area contributed by atoms with Gasteiger partial charge in [0, 0.05) is 24.3 Å². The Balaban J connectivity index is 3.16. The summed E-state index contributed by atoms with van der Waals surface area (Å²) in [6.45, 7) is 6.50. The second kappa shape index (κ2) is 7.26. The molecule has 1 atom stereocenters. The molecule has 0 saturated heterocycles. The summed E-state index contributed by atoms with van der Waals surface area (Å²) in [6, 6.07) is 0. The molecule has 0 bridgehead atoms. The van der Waals surface area contributed by atoms with Crippen molar-refractivity contribution in [2.24, 2.45) is 5.92 Å². The Bertz CT molecular complexity index is 598. The number of amides is 1. The fraction of sp³-hybridized carbons (Fsp3) is 0.692. The summed E-state index contributed by atoms with van der Waals surface area (Å²) in [5, 5.41) is 6.50. The number of aromatic amines is 1. The number of nitrogens with zero attached hydrogens (tertiary/aromatic N) is 2. The van der Waals surface area contributed by atoms with E-state index in [1.807, 2.05) is 20.8 Å². The van der Waals surface area contributed by atoms with E-state index in [0.29, 0.717) is 24.6 Å². The highest BCUT2D eigenvalue weighted by Gasteiger charge is 2.30. The predicted molar refractivity (Wildman–Crippen MR) is 82.0 cm³/mol. The molecule has 1 N–H and O–H groups in total. The van der Waals surface area contributed by atoms with Crippen LogP contribution in [0, 0.1) is 5.92 Å². The summed E-state index contributed by atoms with van der Waals surface area (Å²) >= 11 is 0. The minimum Gasteiger partial charge on any atom is -0.340 e. The molecule has 21 heavy (non-hydrogen) atoms. The first kappa shape index (κ1) is 18.0. The summed E-state index contributed by atoms with van der Waals surface area (Å²) < 4.78 is 23.5. The van der Waals surface area contributed by atoms with E-state index >= 15 is 0 Å². The molecule has 6 nitrogen and oxygen atoms in total. The number of hydrogen-bond donors (Lipinski definition) is 1. The van der Waals surface area contributed by atoms with Crippen molar-refractivity contribution in [3.05, 3.63) is 11.4 Å². The molecule has 0 saturated carbocycles. The van der Waals surface area contributed by atoms with Crippen LogP contribution < -0.4 is 0 Å². The van der Waals surface area contributed by atoms with Crippen molar-refractivity contribution < 1.29 is 13.2 Å². The summed E-state index contributed by atoms with van der Waals surface area (Å²) in [5.74, 6) is -0.114. The van der Waals surface area contributed by atoms with Gasteiger partial charge >= 0.3 is 0 Å². The number of aromatic nitrogens is 2. The van der Waals surface area contributed by atoms with Gasteiger partial charge in [-0.15, -0.1) is 0 Å². The molecule has 1 aromatic rings. The Morgan fingerprint density at radius 1 is 1.43 bits per heavy atom. The molecule has 0 fully saturated rings. The number of H-pyrrole nitrogens is 1. The minimum absolute atomic E-state index is 0.126. The van der Waals surface area contributed by atoms with Gasteiger partial charge in [-0.1, -0.05) is 33.6 Å². The lowest BCUT2D eigenvalue weighted by molar-refractivity contribution is 0.0765. The minimum atomic E-state index is -4.02. The van der Waals surface area contributed by atoms with Gasteiger partial charge < -0.3 is 4.90 Å². The van der Waals surface area contributed by atoms with Gasteiger partial charge in [0.2, 0.25) is 0 Å².